The van der Waals surface area contributed by atoms with E-state index in [0.717, 1.165) is 0 Å². The van der Waals surface area contributed by atoms with E-state index in [1.54, 1.807) is 36.4 Å². The molecule has 0 heterocycles. The molecule has 5 heteroatoms. The van der Waals surface area contributed by atoms with Gasteiger partial charge in [-0.05, 0) is 29.8 Å². The van der Waals surface area contributed by atoms with Crippen molar-refractivity contribution in [2.45, 2.75) is 6.42 Å². The number of benzene rings is 2. The smallest absolute Gasteiger partial charge is 0.307 e. The van der Waals surface area contributed by atoms with Crippen LogP contribution in [-0.2, 0) is 16.0 Å². The van der Waals surface area contributed by atoms with E-state index in [-0.39, 0.29) is 18.9 Å². The van der Waals surface area contributed by atoms with Gasteiger partial charge in [0.25, 0.3) is 5.91 Å². The molecule has 0 aliphatic rings. The molecular formula is C16H15NO4. The van der Waals surface area contributed by atoms with Gasteiger partial charge in [-0.3, -0.25) is 9.59 Å². The number of hydrogen-bond donors (Lipinski definition) is 2. The van der Waals surface area contributed by atoms with Crippen LogP contribution < -0.4 is 10.1 Å². The molecule has 0 unspecified atom stereocenters. The predicted octanol–water partition coefficient (Wildman–Crippen LogP) is 2.33. The molecule has 5 nitrogen and oxygen atoms in total. The highest BCUT2D eigenvalue weighted by Gasteiger charge is 2.05. The second kappa shape index (κ2) is 7.09. The third-order valence-electron chi connectivity index (χ3n) is 2.68. The highest BCUT2D eigenvalue weighted by atomic mass is 16.5. The molecule has 0 bridgehead atoms. The van der Waals surface area contributed by atoms with Gasteiger partial charge in [-0.25, -0.2) is 0 Å². The van der Waals surface area contributed by atoms with Crippen LogP contribution in [0.5, 0.6) is 5.75 Å². The summed E-state index contributed by atoms with van der Waals surface area (Å²) in [5.41, 5.74) is 1.33. The zero-order valence-electron chi connectivity index (χ0n) is 11.3. The van der Waals surface area contributed by atoms with Gasteiger partial charge in [-0.1, -0.05) is 30.3 Å². The lowest BCUT2D eigenvalue weighted by atomic mass is 10.1. The van der Waals surface area contributed by atoms with Crippen LogP contribution in [-0.4, -0.2) is 23.6 Å². The number of rotatable bonds is 6. The SMILES string of the molecule is O=C(O)Cc1cccc(OCC(=O)Nc2ccccc2)c1. The Hall–Kier alpha value is -2.82. The summed E-state index contributed by atoms with van der Waals surface area (Å²) in [6, 6.07) is 15.8. The number of nitrogens with one attached hydrogen (secondary N) is 1. The largest absolute Gasteiger partial charge is 0.484 e. The number of amides is 1. The Bertz CT molecular complexity index is 625. The van der Waals surface area contributed by atoms with Crippen molar-refractivity contribution in [3.63, 3.8) is 0 Å². The fraction of sp³-hybridized carbons (Fsp3) is 0.125. The normalized spacial score (nSPS) is 9.90. The number of aliphatic carboxylic acids is 1. The number of carbonyl (C=O) groups excluding carboxylic acids is 1. The maximum Gasteiger partial charge on any atom is 0.307 e. The lowest BCUT2D eigenvalue weighted by Crippen LogP contribution is -2.20. The molecule has 0 aliphatic carbocycles. The maximum atomic E-state index is 11.7. The maximum absolute atomic E-state index is 11.7. The molecule has 0 aliphatic heterocycles. The molecule has 0 atom stereocenters. The standard InChI is InChI=1S/C16H15NO4/c18-15(17-13-6-2-1-3-7-13)11-21-14-8-4-5-12(9-14)10-16(19)20/h1-9H,10-11H2,(H,17,18)(H,19,20). The van der Waals surface area contributed by atoms with Crippen molar-refractivity contribution in [1.29, 1.82) is 0 Å². The van der Waals surface area contributed by atoms with Gasteiger partial charge < -0.3 is 15.2 Å². The van der Waals surface area contributed by atoms with Crippen LogP contribution in [0.3, 0.4) is 0 Å². The molecule has 2 N–H and O–H groups in total. The molecule has 108 valence electrons. The Balaban J connectivity index is 1.88. The Labute approximate surface area is 122 Å². The molecule has 2 aromatic rings. The van der Waals surface area contributed by atoms with E-state index in [4.69, 9.17) is 9.84 Å². The van der Waals surface area contributed by atoms with Crippen molar-refractivity contribution in [3.05, 3.63) is 60.2 Å². The fourth-order valence-corrected chi connectivity index (χ4v) is 1.79. The number of carboxylic acid groups (broad SMARTS) is 1. The first-order valence-corrected chi connectivity index (χ1v) is 6.42. The minimum absolute atomic E-state index is 0.0760. The van der Waals surface area contributed by atoms with Crippen molar-refractivity contribution in [2.75, 3.05) is 11.9 Å². The summed E-state index contributed by atoms with van der Waals surface area (Å²) in [6.07, 6.45) is -0.0760. The summed E-state index contributed by atoms with van der Waals surface area (Å²) in [7, 11) is 0. The first kappa shape index (κ1) is 14.6. The number of carboxylic acids is 1. The lowest BCUT2D eigenvalue weighted by Gasteiger charge is -2.08. The zero-order valence-corrected chi connectivity index (χ0v) is 11.3. The number of hydrogen-bond acceptors (Lipinski definition) is 3. The summed E-state index contributed by atoms with van der Waals surface area (Å²) >= 11 is 0. The zero-order chi connectivity index (χ0) is 15.1. The fourth-order valence-electron chi connectivity index (χ4n) is 1.79. The van der Waals surface area contributed by atoms with E-state index >= 15 is 0 Å². The first-order valence-electron chi connectivity index (χ1n) is 6.42. The Morgan fingerprint density at radius 1 is 1.05 bits per heavy atom. The average molecular weight is 285 g/mol. The van der Waals surface area contributed by atoms with Crippen molar-refractivity contribution in [3.8, 4) is 5.75 Å². The Morgan fingerprint density at radius 2 is 1.81 bits per heavy atom. The molecular weight excluding hydrogens is 270 g/mol. The minimum Gasteiger partial charge on any atom is -0.484 e. The summed E-state index contributed by atoms with van der Waals surface area (Å²) < 4.78 is 5.36. The van der Waals surface area contributed by atoms with Gasteiger partial charge in [0.15, 0.2) is 6.61 Å². The second-order valence-corrected chi connectivity index (χ2v) is 4.42. The number of ether oxygens (including phenoxy) is 1. The average Bonchev–Trinajstić information content (AvgIpc) is 2.46. The molecule has 0 saturated heterocycles. The van der Waals surface area contributed by atoms with E-state index in [9.17, 15) is 9.59 Å². The molecule has 0 saturated carbocycles. The predicted molar refractivity (Wildman–Crippen MR) is 78.3 cm³/mol. The third-order valence-corrected chi connectivity index (χ3v) is 2.68. The van der Waals surface area contributed by atoms with Crippen LogP contribution in [0.2, 0.25) is 0 Å². The van der Waals surface area contributed by atoms with E-state index in [2.05, 4.69) is 5.32 Å². The summed E-state index contributed by atoms with van der Waals surface area (Å²) in [5.74, 6) is -0.712. The number of para-hydroxylation sites is 1. The Morgan fingerprint density at radius 3 is 2.52 bits per heavy atom. The van der Waals surface area contributed by atoms with Crippen molar-refractivity contribution in [1.82, 2.24) is 0 Å². The quantitative estimate of drug-likeness (QED) is 0.854. The topological polar surface area (TPSA) is 75.6 Å². The first-order chi connectivity index (χ1) is 10.1. The van der Waals surface area contributed by atoms with Crippen molar-refractivity contribution < 1.29 is 19.4 Å². The lowest BCUT2D eigenvalue weighted by molar-refractivity contribution is -0.136. The Kier molecular flexibility index (Phi) is 4.93. The molecule has 2 aromatic carbocycles. The molecule has 2 rings (SSSR count). The highest BCUT2D eigenvalue weighted by molar-refractivity contribution is 5.91. The molecule has 0 aromatic heterocycles. The van der Waals surface area contributed by atoms with E-state index in [1.807, 2.05) is 18.2 Å². The number of anilines is 1. The number of carbonyl (C=O) groups is 2. The molecule has 0 spiro atoms. The van der Waals surface area contributed by atoms with Crippen LogP contribution >= 0.6 is 0 Å². The molecule has 1 amide bonds. The van der Waals surface area contributed by atoms with Gasteiger partial charge in [0, 0.05) is 5.69 Å². The van der Waals surface area contributed by atoms with Gasteiger partial charge >= 0.3 is 5.97 Å². The highest BCUT2D eigenvalue weighted by Crippen LogP contribution is 2.14. The van der Waals surface area contributed by atoms with Gasteiger partial charge in [-0.2, -0.15) is 0 Å². The van der Waals surface area contributed by atoms with Crippen LogP contribution in [0.1, 0.15) is 5.56 Å². The van der Waals surface area contributed by atoms with Gasteiger partial charge in [0.2, 0.25) is 0 Å². The van der Waals surface area contributed by atoms with Crippen molar-refractivity contribution >= 4 is 17.6 Å². The van der Waals surface area contributed by atoms with E-state index in [1.165, 1.54) is 0 Å². The van der Waals surface area contributed by atoms with E-state index in [0.29, 0.717) is 17.0 Å². The van der Waals surface area contributed by atoms with Gasteiger partial charge in [-0.15, -0.1) is 0 Å². The van der Waals surface area contributed by atoms with Crippen LogP contribution in [0.25, 0.3) is 0 Å². The van der Waals surface area contributed by atoms with Crippen LogP contribution in [0.4, 0.5) is 5.69 Å². The monoisotopic (exact) mass is 285 g/mol. The second-order valence-electron chi connectivity index (χ2n) is 4.42. The molecule has 0 fully saturated rings. The molecule has 0 radical (unpaired) electrons. The van der Waals surface area contributed by atoms with E-state index < -0.39 is 5.97 Å². The van der Waals surface area contributed by atoms with Crippen LogP contribution in [0, 0.1) is 0 Å². The summed E-state index contributed by atoms with van der Waals surface area (Å²) in [6.45, 7) is -0.134. The molecule has 21 heavy (non-hydrogen) atoms. The summed E-state index contributed by atoms with van der Waals surface area (Å²) in [5, 5.41) is 11.4. The minimum atomic E-state index is -0.908. The van der Waals surface area contributed by atoms with Gasteiger partial charge in [0.1, 0.15) is 5.75 Å². The van der Waals surface area contributed by atoms with Gasteiger partial charge in [0.05, 0.1) is 6.42 Å². The third kappa shape index (κ3) is 4.99. The summed E-state index contributed by atoms with van der Waals surface area (Å²) in [4.78, 5) is 22.4. The van der Waals surface area contributed by atoms with Crippen molar-refractivity contribution in [2.24, 2.45) is 0 Å². The van der Waals surface area contributed by atoms with Crippen LogP contribution in [0.15, 0.2) is 54.6 Å².